The number of nitrogens with zero attached hydrogens (tertiary/aromatic N) is 2. The standard InChI is InChI=1S/C28H38N4O2/c1-27(2)13-22-14-28(3,17-27)18-32(22)16-21-8-9-23(26(34)30-21)25(33)29-15-19-7-10-24-20(12-19)6-5-11-31(24)4/h7-10,12,22H,5-6,11,13-18H2,1-4H3,(H,29,33)(H,30,34)/t22-,28-/m1/s1. The van der Waals surface area contributed by atoms with Gasteiger partial charge in [-0.3, -0.25) is 14.5 Å². The lowest BCUT2D eigenvalue weighted by Gasteiger charge is -2.39. The van der Waals surface area contributed by atoms with Crippen LogP contribution < -0.4 is 15.8 Å². The van der Waals surface area contributed by atoms with Gasteiger partial charge in [-0.2, -0.15) is 0 Å². The van der Waals surface area contributed by atoms with Gasteiger partial charge in [0.15, 0.2) is 0 Å². The highest BCUT2D eigenvalue weighted by molar-refractivity contribution is 5.93. The molecular weight excluding hydrogens is 424 g/mol. The summed E-state index contributed by atoms with van der Waals surface area (Å²) in [5.41, 5.74) is 5.14. The Hall–Kier alpha value is -2.60. The van der Waals surface area contributed by atoms with Crippen molar-refractivity contribution in [1.29, 1.82) is 0 Å². The largest absolute Gasteiger partial charge is 0.374 e. The molecule has 34 heavy (non-hydrogen) atoms. The first-order valence-corrected chi connectivity index (χ1v) is 12.7. The number of carbonyl (C=O) groups is 1. The molecule has 5 rings (SSSR count). The zero-order valence-electron chi connectivity index (χ0n) is 21.0. The molecule has 6 nitrogen and oxygen atoms in total. The average molecular weight is 463 g/mol. The third-order valence-corrected chi connectivity index (χ3v) is 8.06. The number of aromatic nitrogens is 1. The van der Waals surface area contributed by atoms with E-state index in [0.29, 0.717) is 23.4 Å². The van der Waals surface area contributed by atoms with Crippen molar-refractivity contribution < 1.29 is 4.79 Å². The number of H-pyrrole nitrogens is 1. The average Bonchev–Trinajstić information content (AvgIpc) is 2.99. The molecule has 1 saturated heterocycles. The Morgan fingerprint density at radius 2 is 2.00 bits per heavy atom. The maximum atomic E-state index is 12.7. The fourth-order valence-electron chi connectivity index (χ4n) is 6.99. The molecule has 1 amide bonds. The molecule has 2 aliphatic heterocycles. The van der Waals surface area contributed by atoms with E-state index >= 15 is 0 Å². The van der Waals surface area contributed by atoms with Gasteiger partial charge in [0.25, 0.3) is 11.5 Å². The second kappa shape index (κ2) is 8.56. The summed E-state index contributed by atoms with van der Waals surface area (Å²) in [5, 5.41) is 2.93. The summed E-state index contributed by atoms with van der Waals surface area (Å²) in [4.78, 5) is 33.3. The molecule has 1 aromatic carbocycles. The van der Waals surface area contributed by atoms with Gasteiger partial charge < -0.3 is 15.2 Å². The van der Waals surface area contributed by atoms with E-state index in [4.69, 9.17) is 0 Å². The molecule has 0 spiro atoms. The highest BCUT2D eigenvalue weighted by Gasteiger charge is 2.49. The van der Waals surface area contributed by atoms with Gasteiger partial charge in [0.1, 0.15) is 5.56 Å². The van der Waals surface area contributed by atoms with Gasteiger partial charge in [0.05, 0.1) is 0 Å². The quantitative estimate of drug-likeness (QED) is 0.702. The number of pyridine rings is 1. The topological polar surface area (TPSA) is 68.4 Å². The van der Waals surface area contributed by atoms with Gasteiger partial charge in [0.2, 0.25) is 0 Å². The molecule has 0 unspecified atom stereocenters. The summed E-state index contributed by atoms with van der Waals surface area (Å²) in [5.74, 6) is -0.325. The molecule has 3 aliphatic rings. The summed E-state index contributed by atoms with van der Waals surface area (Å²) in [7, 11) is 2.12. The summed E-state index contributed by atoms with van der Waals surface area (Å²) in [6.45, 7) is 10.5. The van der Waals surface area contributed by atoms with Crippen LogP contribution in [0, 0.1) is 10.8 Å². The minimum Gasteiger partial charge on any atom is -0.374 e. The fraction of sp³-hybridized carbons (Fsp3) is 0.571. The van der Waals surface area contributed by atoms with Gasteiger partial charge in [-0.05, 0) is 72.3 Å². The number of anilines is 1. The van der Waals surface area contributed by atoms with Gasteiger partial charge in [-0.15, -0.1) is 0 Å². The van der Waals surface area contributed by atoms with Gasteiger partial charge in [0, 0.05) is 50.6 Å². The first-order chi connectivity index (χ1) is 16.1. The van der Waals surface area contributed by atoms with Crippen molar-refractivity contribution in [2.24, 2.45) is 10.8 Å². The molecule has 1 aliphatic carbocycles. The minimum atomic E-state index is -0.325. The van der Waals surface area contributed by atoms with E-state index in [0.717, 1.165) is 43.7 Å². The molecule has 2 aromatic rings. The zero-order chi connectivity index (χ0) is 24.1. The summed E-state index contributed by atoms with van der Waals surface area (Å²) in [6.07, 6.45) is 5.91. The minimum absolute atomic E-state index is 0.176. The number of nitrogens with one attached hydrogen (secondary N) is 2. The van der Waals surface area contributed by atoms with Crippen LogP contribution in [0.2, 0.25) is 0 Å². The number of hydrogen-bond acceptors (Lipinski definition) is 4. The van der Waals surface area contributed by atoms with E-state index in [1.807, 2.05) is 6.07 Å². The molecule has 3 heterocycles. The second-order valence-corrected chi connectivity index (χ2v) is 12.0. The Morgan fingerprint density at radius 3 is 2.79 bits per heavy atom. The number of aromatic amines is 1. The smallest absolute Gasteiger partial charge is 0.261 e. The third-order valence-electron chi connectivity index (χ3n) is 8.06. The second-order valence-electron chi connectivity index (χ2n) is 12.0. The molecule has 0 radical (unpaired) electrons. The lowest BCUT2D eigenvalue weighted by atomic mass is 9.65. The van der Waals surface area contributed by atoms with Crippen molar-refractivity contribution in [2.75, 3.05) is 25.0 Å². The molecule has 2 bridgehead atoms. The number of benzene rings is 1. The van der Waals surface area contributed by atoms with E-state index in [9.17, 15) is 9.59 Å². The van der Waals surface area contributed by atoms with Crippen LogP contribution in [-0.4, -0.2) is 42.0 Å². The van der Waals surface area contributed by atoms with Crippen molar-refractivity contribution in [3.63, 3.8) is 0 Å². The molecule has 1 saturated carbocycles. The van der Waals surface area contributed by atoms with E-state index in [-0.39, 0.29) is 17.0 Å². The van der Waals surface area contributed by atoms with Crippen LogP contribution in [0.1, 0.15) is 73.6 Å². The van der Waals surface area contributed by atoms with Crippen molar-refractivity contribution in [1.82, 2.24) is 15.2 Å². The number of carbonyl (C=O) groups excluding carboxylic acids is 1. The van der Waals surface area contributed by atoms with Crippen LogP contribution in [0.3, 0.4) is 0 Å². The van der Waals surface area contributed by atoms with Crippen molar-refractivity contribution in [3.05, 3.63) is 63.1 Å². The number of aryl methyl sites for hydroxylation is 1. The Balaban J connectivity index is 1.22. The highest BCUT2D eigenvalue weighted by atomic mass is 16.2. The molecule has 182 valence electrons. The SMILES string of the molecule is CN1CCCc2cc(CNC(=O)c3ccc(CN4C[C@]5(C)C[C@H]4CC(C)(C)C5)[nH]c3=O)ccc21. The Bertz CT molecular complexity index is 1150. The van der Waals surface area contributed by atoms with Crippen LogP contribution in [0.4, 0.5) is 5.69 Å². The lowest BCUT2D eigenvalue weighted by molar-refractivity contribution is 0.0949. The predicted octanol–water partition coefficient (Wildman–Crippen LogP) is 4.09. The summed E-state index contributed by atoms with van der Waals surface area (Å²) < 4.78 is 0. The maximum Gasteiger partial charge on any atom is 0.261 e. The van der Waals surface area contributed by atoms with Gasteiger partial charge in [-0.1, -0.05) is 32.9 Å². The van der Waals surface area contributed by atoms with Crippen molar-refractivity contribution in [2.45, 2.75) is 72.0 Å². The van der Waals surface area contributed by atoms with Crippen molar-refractivity contribution >= 4 is 11.6 Å². The lowest BCUT2D eigenvalue weighted by Crippen LogP contribution is -2.35. The van der Waals surface area contributed by atoms with Crippen LogP contribution in [0.15, 0.2) is 35.1 Å². The normalized spacial score (nSPS) is 25.8. The fourth-order valence-corrected chi connectivity index (χ4v) is 6.99. The molecule has 1 aromatic heterocycles. The zero-order valence-corrected chi connectivity index (χ0v) is 21.0. The highest BCUT2D eigenvalue weighted by Crippen LogP contribution is 2.52. The molecule has 2 N–H and O–H groups in total. The Labute approximate surface area is 202 Å². The molecule has 2 atom stereocenters. The van der Waals surface area contributed by atoms with Gasteiger partial charge in [-0.25, -0.2) is 0 Å². The third kappa shape index (κ3) is 4.65. The number of amides is 1. The maximum absolute atomic E-state index is 12.7. The van der Waals surface area contributed by atoms with E-state index in [2.05, 4.69) is 66.1 Å². The van der Waals surface area contributed by atoms with E-state index < -0.39 is 0 Å². The first kappa shape index (κ1) is 23.2. The Morgan fingerprint density at radius 1 is 1.18 bits per heavy atom. The summed E-state index contributed by atoms with van der Waals surface area (Å²) in [6, 6.07) is 10.5. The van der Waals surface area contributed by atoms with E-state index in [1.54, 1.807) is 6.07 Å². The van der Waals surface area contributed by atoms with Crippen LogP contribution in [0.25, 0.3) is 0 Å². The first-order valence-electron chi connectivity index (χ1n) is 12.7. The number of hydrogen-bond donors (Lipinski definition) is 2. The van der Waals surface area contributed by atoms with Gasteiger partial charge >= 0.3 is 0 Å². The van der Waals surface area contributed by atoms with E-state index in [1.165, 1.54) is 30.5 Å². The number of likely N-dealkylation sites (tertiary alicyclic amines) is 1. The number of rotatable bonds is 5. The van der Waals surface area contributed by atoms with Crippen molar-refractivity contribution in [3.8, 4) is 0 Å². The Kier molecular flexibility index (Phi) is 5.83. The monoisotopic (exact) mass is 462 g/mol. The van der Waals surface area contributed by atoms with Crippen LogP contribution in [0.5, 0.6) is 0 Å². The van der Waals surface area contributed by atoms with Crippen LogP contribution >= 0.6 is 0 Å². The predicted molar refractivity (Wildman–Crippen MR) is 136 cm³/mol. The van der Waals surface area contributed by atoms with Crippen LogP contribution in [-0.2, 0) is 19.5 Å². The summed E-state index contributed by atoms with van der Waals surface area (Å²) >= 11 is 0. The molecule has 2 fully saturated rings. The number of fused-ring (bicyclic) bond motifs is 3. The molecule has 6 heteroatoms. The molecular formula is C28H38N4O2.